The summed E-state index contributed by atoms with van der Waals surface area (Å²) in [6.07, 6.45) is -5.17. The topological polar surface area (TPSA) is 189 Å². The summed E-state index contributed by atoms with van der Waals surface area (Å²) in [5, 5.41) is 14.4. The molecular weight excluding hydrogens is 432 g/mol. The van der Waals surface area contributed by atoms with Gasteiger partial charge in [0.1, 0.15) is 24.5 Å². The second-order valence-electron chi connectivity index (χ2n) is 6.56. The van der Waals surface area contributed by atoms with E-state index in [2.05, 4.69) is 10.0 Å². The summed E-state index contributed by atoms with van der Waals surface area (Å²) in [4.78, 5) is 47.6. The molecule has 172 valence electrons. The molecule has 0 aromatic heterocycles. The van der Waals surface area contributed by atoms with Crippen molar-refractivity contribution in [1.82, 2.24) is 0 Å². The molecule has 0 N–H and O–H groups in total. The zero-order valence-electron chi connectivity index (χ0n) is 17.3. The number of carbonyl (C=O) groups is 3. The van der Waals surface area contributed by atoms with Crippen LogP contribution in [-0.4, -0.2) is 60.1 Å². The highest BCUT2D eigenvalue weighted by molar-refractivity contribution is 5.68. The first-order chi connectivity index (χ1) is 15.1. The summed E-state index contributed by atoms with van der Waals surface area (Å²) in [6, 6.07) is 3.62. The third kappa shape index (κ3) is 6.55. The van der Waals surface area contributed by atoms with Gasteiger partial charge in [-0.2, -0.15) is 0 Å². The number of esters is 3. The molecule has 1 saturated heterocycles. The highest BCUT2D eigenvalue weighted by atomic mass is 16.7. The first-order valence-corrected chi connectivity index (χ1v) is 9.21. The van der Waals surface area contributed by atoms with Crippen LogP contribution in [0, 0.1) is 10.1 Å². The van der Waals surface area contributed by atoms with Gasteiger partial charge in [-0.15, -0.1) is 0 Å². The number of benzene rings is 1. The maximum absolute atomic E-state index is 11.7. The van der Waals surface area contributed by atoms with E-state index in [9.17, 15) is 24.5 Å². The average Bonchev–Trinajstić information content (AvgIpc) is 2.70. The largest absolute Gasteiger partial charge is 0.464 e. The van der Waals surface area contributed by atoms with Gasteiger partial charge in [-0.1, -0.05) is 5.11 Å². The number of azide groups is 1. The molecule has 2 rings (SSSR count). The van der Waals surface area contributed by atoms with E-state index in [0.29, 0.717) is 0 Å². The summed E-state index contributed by atoms with van der Waals surface area (Å²) < 4.78 is 26.8. The number of ether oxygens (including phenoxy) is 5. The predicted octanol–water partition coefficient (Wildman–Crippen LogP) is 1.80. The molecule has 1 aromatic rings. The van der Waals surface area contributed by atoms with Gasteiger partial charge in [-0.3, -0.25) is 24.5 Å². The van der Waals surface area contributed by atoms with Crippen LogP contribution in [0.3, 0.4) is 0 Å². The minimum absolute atomic E-state index is 0.109. The van der Waals surface area contributed by atoms with Crippen LogP contribution in [0.4, 0.5) is 5.69 Å². The lowest BCUT2D eigenvalue weighted by Gasteiger charge is -2.43. The second-order valence-corrected chi connectivity index (χ2v) is 6.56. The average molecular weight is 452 g/mol. The molecular formula is C18H20N4O10. The van der Waals surface area contributed by atoms with Crippen molar-refractivity contribution in [2.24, 2.45) is 5.11 Å². The van der Waals surface area contributed by atoms with E-state index in [-0.39, 0.29) is 11.4 Å². The molecule has 32 heavy (non-hydrogen) atoms. The van der Waals surface area contributed by atoms with E-state index < -0.39 is 60.1 Å². The molecule has 0 radical (unpaired) electrons. The Labute approximate surface area is 181 Å². The lowest BCUT2D eigenvalue weighted by atomic mass is 9.96. The van der Waals surface area contributed by atoms with Crippen LogP contribution in [0.2, 0.25) is 0 Å². The third-order valence-corrected chi connectivity index (χ3v) is 4.15. The van der Waals surface area contributed by atoms with Crippen LogP contribution < -0.4 is 4.74 Å². The molecule has 0 saturated carbocycles. The summed E-state index contributed by atoms with van der Waals surface area (Å²) in [7, 11) is 0. The molecule has 5 atom stereocenters. The van der Waals surface area contributed by atoms with Crippen LogP contribution in [-0.2, 0) is 33.3 Å². The molecule has 0 bridgehead atoms. The molecule has 3 unspecified atom stereocenters. The fraction of sp³-hybridized carbons (Fsp3) is 0.500. The van der Waals surface area contributed by atoms with Crippen molar-refractivity contribution in [3.8, 4) is 5.75 Å². The summed E-state index contributed by atoms with van der Waals surface area (Å²) >= 11 is 0. The van der Waals surface area contributed by atoms with Gasteiger partial charge in [0.2, 0.25) is 6.29 Å². The van der Waals surface area contributed by atoms with Gasteiger partial charge in [0.25, 0.3) is 5.69 Å². The minimum Gasteiger partial charge on any atom is -0.464 e. The number of hydrogen-bond donors (Lipinski definition) is 0. The van der Waals surface area contributed by atoms with Crippen LogP contribution >= 0.6 is 0 Å². The fourth-order valence-electron chi connectivity index (χ4n) is 2.95. The number of hydrogen-bond acceptors (Lipinski definition) is 11. The molecule has 1 heterocycles. The van der Waals surface area contributed by atoms with Crippen molar-refractivity contribution in [1.29, 1.82) is 0 Å². The van der Waals surface area contributed by atoms with Crippen LogP contribution in [0.15, 0.2) is 29.4 Å². The van der Waals surface area contributed by atoms with Gasteiger partial charge in [0.05, 0.1) is 4.92 Å². The molecule has 0 amide bonds. The van der Waals surface area contributed by atoms with E-state index in [1.165, 1.54) is 24.3 Å². The van der Waals surface area contributed by atoms with E-state index in [1.807, 2.05) is 0 Å². The van der Waals surface area contributed by atoms with E-state index in [4.69, 9.17) is 29.2 Å². The van der Waals surface area contributed by atoms with Crippen molar-refractivity contribution in [3.05, 3.63) is 44.8 Å². The smallest absolute Gasteiger partial charge is 0.303 e. The van der Waals surface area contributed by atoms with Gasteiger partial charge in [0, 0.05) is 37.8 Å². The number of non-ortho nitro benzene ring substituents is 1. The standard InChI is InChI=1S/C18H20N4O10/c1-9(23)28-8-14-16(29-10(2)24)17(30-11(3)25)15(20-21-19)18(32-14)31-13-6-4-12(5-7-13)22(26)27/h4-7,14-18H,8H2,1-3H3/t14?,15?,16-,17?,18-/m0/s1. The number of nitrogens with zero attached hydrogens (tertiary/aromatic N) is 4. The zero-order valence-corrected chi connectivity index (χ0v) is 17.3. The zero-order chi connectivity index (χ0) is 23.8. The van der Waals surface area contributed by atoms with Crippen molar-refractivity contribution < 1.29 is 43.0 Å². The van der Waals surface area contributed by atoms with Gasteiger partial charge < -0.3 is 23.7 Å². The Hall–Kier alpha value is -3.90. The van der Waals surface area contributed by atoms with Gasteiger partial charge >= 0.3 is 17.9 Å². The SMILES string of the molecule is CC(=O)OCC1O[C@H](Oc2ccc([N+](=O)[O-])cc2)C(N=[N+]=[N-])C(OC(C)=O)[C@H]1OC(C)=O. The molecule has 14 nitrogen and oxygen atoms in total. The maximum Gasteiger partial charge on any atom is 0.303 e. The molecule has 1 aromatic carbocycles. The molecule has 1 fully saturated rings. The summed E-state index contributed by atoms with van der Waals surface area (Å²) in [5.41, 5.74) is 8.83. The number of nitro groups is 1. The van der Waals surface area contributed by atoms with Crippen molar-refractivity contribution in [2.75, 3.05) is 6.61 Å². The van der Waals surface area contributed by atoms with Crippen molar-refractivity contribution in [2.45, 2.75) is 51.4 Å². The number of rotatable bonds is 8. The maximum atomic E-state index is 11.7. The Bertz CT molecular complexity index is 915. The molecule has 14 heteroatoms. The van der Waals surface area contributed by atoms with Gasteiger partial charge in [-0.05, 0) is 17.7 Å². The fourth-order valence-corrected chi connectivity index (χ4v) is 2.95. The Morgan fingerprint density at radius 3 is 2.19 bits per heavy atom. The Balaban J connectivity index is 2.41. The summed E-state index contributed by atoms with van der Waals surface area (Å²) in [6.45, 7) is 2.96. The Morgan fingerprint density at radius 1 is 1.09 bits per heavy atom. The number of carbonyl (C=O) groups excluding carboxylic acids is 3. The van der Waals surface area contributed by atoms with Crippen LogP contribution in [0.5, 0.6) is 5.75 Å². The Morgan fingerprint density at radius 2 is 1.69 bits per heavy atom. The monoisotopic (exact) mass is 452 g/mol. The quantitative estimate of drug-likeness (QED) is 0.107. The molecule has 0 spiro atoms. The van der Waals surface area contributed by atoms with E-state index >= 15 is 0 Å². The van der Waals surface area contributed by atoms with Crippen LogP contribution in [0.1, 0.15) is 20.8 Å². The van der Waals surface area contributed by atoms with Crippen molar-refractivity contribution >= 4 is 23.6 Å². The lowest BCUT2D eigenvalue weighted by molar-refractivity contribution is -0.384. The first-order valence-electron chi connectivity index (χ1n) is 9.21. The first kappa shape index (κ1) is 24.4. The third-order valence-electron chi connectivity index (χ3n) is 4.15. The van der Waals surface area contributed by atoms with E-state index in [1.54, 1.807) is 0 Å². The van der Waals surface area contributed by atoms with Crippen molar-refractivity contribution in [3.63, 3.8) is 0 Å². The minimum atomic E-state index is -1.39. The molecule has 1 aliphatic rings. The molecule has 0 aliphatic carbocycles. The molecule has 1 aliphatic heterocycles. The van der Waals surface area contributed by atoms with Gasteiger partial charge in [-0.25, -0.2) is 0 Å². The summed E-state index contributed by atoms with van der Waals surface area (Å²) in [5.74, 6) is -2.06. The second kappa shape index (κ2) is 10.9. The normalized spacial score (nSPS) is 24.4. The highest BCUT2D eigenvalue weighted by Crippen LogP contribution is 2.31. The van der Waals surface area contributed by atoms with E-state index in [0.717, 1.165) is 20.8 Å². The highest BCUT2D eigenvalue weighted by Gasteiger charge is 2.51. The number of nitro benzene ring substituents is 1. The van der Waals surface area contributed by atoms with Gasteiger partial charge in [0.15, 0.2) is 12.2 Å². The van der Waals surface area contributed by atoms with Crippen LogP contribution in [0.25, 0.3) is 10.4 Å². The predicted molar refractivity (Wildman–Crippen MR) is 103 cm³/mol. The Kier molecular flexibility index (Phi) is 8.32. The lowest BCUT2D eigenvalue weighted by Crippen LogP contribution is -2.62.